The molecule has 0 fully saturated rings. The molecule has 0 amide bonds. The Kier molecular flexibility index (Phi) is 66.7. The molecule has 3 N–H and O–H groups in total. The topological polar surface area (TPSA) is 237 Å². The Morgan fingerprint density at radius 3 is 0.939 bits per heavy atom. The molecule has 5 atom stereocenters. The Morgan fingerprint density at radius 1 is 0.296 bits per heavy atom. The molecule has 98 heavy (non-hydrogen) atoms. The minimum absolute atomic E-state index is 0.0219. The van der Waals surface area contributed by atoms with Crippen LogP contribution in [-0.4, -0.2) is 96.7 Å². The van der Waals surface area contributed by atoms with Crippen molar-refractivity contribution in [2.75, 3.05) is 39.6 Å². The van der Waals surface area contributed by atoms with Crippen LogP contribution in [-0.2, 0) is 65.4 Å². The normalized spacial score (nSPS) is 14.8. The zero-order valence-corrected chi connectivity index (χ0v) is 62.4. The molecule has 5 unspecified atom stereocenters. The number of unbranched alkanes of at least 4 members (excludes halogenated alkanes) is 18. The maximum atomic E-state index is 13.1. The van der Waals surface area contributed by atoms with Gasteiger partial charge in [0.25, 0.3) is 0 Å². The first-order chi connectivity index (χ1) is 47.7. The lowest BCUT2D eigenvalue weighted by molar-refractivity contribution is -0.161. The number of allylic oxidation sites excluding steroid dienone is 24. The van der Waals surface area contributed by atoms with Crippen molar-refractivity contribution in [1.82, 2.24) is 0 Å². The summed E-state index contributed by atoms with van der Waals surface area (Å²) in [5.74, 6) is -2.35. The van der Waals surface area contributed by atoms with Crippen LogP contribution in [0.3, 0.4) is 0 Å². The number of carbonyl (C=O) groups excluding carboxylic acids is 4. The largest absolute Gasteiger partial charge is 0.472 e. The van der Waals surface area contributed by atoms with E-state index in [0.717, 1.165) is 141 Å². The molecule has 558 valence electrons. The molecule has 0 bridgehead atoms. The maximum absolute atomic E-state index is 13.1. The fraction of sp³-hybridized carbons (Fsp3) is 0.646. The Bertz CT molecular complexity index is 2430. The molecule has 0 spiro atoms. The molecular formula is C79H130O17P2. The van der Waals surface area contributed by atoms with Crippen LogP contribution in [0.2, 0.25) is 0 Å². The van der Waals surface area contributed by atoms with E-state index in [0.29, 0.717) is 38.5 Å². The Hall–Kier alpha value is -5.06. The van der Waals surface area contributed by atoms with Gasteiger partial charge in [-0.1, -0.05) is 244 Å². The van der Waals surface area contributed by atoms with E-state index < -0.39 is 97.5 Å². The zero-order chi connectivity index (χ0) is 71.8. The van der Waals surface area contributed by atoms with E-state index in [9.17, 15) is 43.2 Å². The van der Waals surface area contributed by atoms with Gasteiger partial charge in [-0.3, -0.25) is 37.3 Å². The van der Waals surface area contributed by atoms with Crippen LogP contribution in [0.5, 0.6) is 0 Å². The Morgan fingerprint density at radius 2 is 0.561 bits per heavy atom. The number of rotatable bonds is 68. The van der Waals surface area contributed by atoms with Gasteiger partial charge in [-0.05, 0) is 148 Å². The van der Waals surface area contributed by atoms with Crippen molar-refractivity contribution in [3.8, 4) is 0 Å². The van der Waals surface area contributed by atoms with Gasteiger partial charge in [0.15, 0.2) is 12.2 Å². The van der Waals surface area contributed by atoms with E-state index in [1.54, 1.807) is 0 Å². The number of carbonyl (C=O) groups is 4. The Labute approximate surface area is 592 Å². The van der Waals surface area contributed by atoms with Crippen LogP contribution in [0.25, 0.3) is 0 Å². The number of ether oxygens (including phenoxy) is 4. The molecule has 0 aromatic rings. The van der Waals surface area contributed by atoms with E-state index in [1.807, 2.05) is 24.3 Å². The molecular weight excluding hydrogens is 1280 g/mol. The summed E-state index contributed by atoms with van der Waals surface area (Å²) in [6, 6.07) is 0. The quantitative estimate of drug-likeness (QED) is 0.0169. The van der Waals surface area contributed by atoms with E-state index in [4.69, 9.17) is 37.0 Å². The number of aliphatic hydroxyl groups excluding tert-OH is 1. The summed E-state index contributed by atoms with van der Waals surface area (Å²) < 4.78 is 68.2. The molecule has 0 saturated carbocycles. The highest BCUT2D eigenvalue weighted by atomic mass is 31.2. The highest BCUT2D eigenvalue weighted by Crippen LogP contribution is 2.45. The third-order valence-electron chi connectivity index (χ3n) is 14.8. The van der Waals surface area contributed by atoms with Gasteiger partial charge in [0.1, 0.15) is 19.3 Å². The van der Waals surface area contributed by atoms with Crippen molar-refractivity contribution in [3.05, 3.63) is 146 Å². The highest BCUT2D eigenvalue weighted by molar-refractivity contribution is 7.47. The lowest BCUT2D eigenvalue weighted by atomic mass is 10.1. The predicted octanol–water partition coefficient (Wildman–Crippen LogP) is 21.1. The summed E-state index contributed by atoms with van der Waals surface area (Å²) in [5, 5.41) is 10.6. The van der Waals surface area contributed by atoms with Crippen molar-refractivity contribution in [2.24, 2.45) is 0 Å². The fourth-order valence-corrected chi connectivity index (χ4v) is 10.7. The van der Waals surface area contributed by atoms with Crippen LogP contribution in [0.15, 0.2) is 146 Å². The minimum Gasteiger partial charge on any atom is -0.462 e. The van der Waals surface area contributed by atoms with Crippen LogP contribution >= 0.6 is 15.6 Å². The van der Waals surface area contributed by atoms with Crippen molar-refractivity contribution in [3.63, 3.8) is 0 Å². The van der Waals surface area contributed by atoms with Crippen molar-refractivity contribution < 1.29 is 80.2 Å². The van der Waals surface area contributed by atoms with Crippen LogP contribution < -0.4 is 0 Å². The summed E-state index contributed by atoms with van der Waals surface area (Å²) in [7, 11) is -9.99. The number of aliphatic hydroxyl groups is 1. The molecule has 17 nitrogen and oxygen atoms in total. The number of hydrogen-bond acceptors (Lipinski definition) is 15. The van der Waals surface area contributed by atoms with Crippen LogP contribution in [0.1, 0.15) is 272 Å². The second-order valence-corrected chi connectivity index (χ2v) is 27.0. The Balaban J connectivity index is 5.45. The van der Waals surface area contributed by atoms with Gasteiger partial charge in [0.05, 0.1) is 26.4 Å². The fourth-order valence-electron chi connectivity index (χ4n) is 9.15. The van der Waals surface area contributed by atoms with Crippen LogP contribution in [0, 0.1) is 0 Å². The molecule has 0 rings (SSSR count). The van der Waals surface area contributed by atoms with E-state index in [2.05, 4.69) is 149 Å². The molecule has 0 aromatic heterocycles. The lowest BCUT2D eigenvalue weighted by Gasteiger charge is -2.21. The smallest absolute Gasteiger partial charge is 0.462 e. The first kappa shape index (κ1) is 92.9. The minimum atomic E-state index is -5.01. The molecule has 0 saturated heterocycles. The third kappa shape index (κ3) is 69.4. The SMILES string of the molecule is CC/C=C\C/C=C\C/C=C\C/C=C\C/C=C\C/C=C\CCC(=O)OCC(COP(=O)(O)OCC(O)COP(=O)(O)OCC(COC(=O)CCCCCCC/C=C\CCCCCC)OC(=O)CCCCCCC/C=C\CCCC)OC(=O)CCCC/C=C\C/C=C\C/C=C\C/C=C\CC. The van der Waals surface area contributed by atoms with Gasteiger partial charge in [-0.2, -0.15) is 0 Å². The van der Waals surface area contributed by atoms with E-state index >= 15 is 0 Å². The summed E-state index contributed by atoms with van der Waals surface area (Å²) >= 11 is 0. The van der Waals surface area contributed by atoms with Gasteiger partial charge in [-0.15, -0.1) is 0 Å². The van der Waals surface area contributed by atoms with E-state index in [-0.39, 0.29) is 25.7 Å². The second-order valence-electron chi connectivity index (χ2n) is 24.1. The first-order valence-electron chi connectivity index (χ1n) is 37.1. The average molecular weight is 1410 g/mol. The lowest BCUT2D eigenvalue weighted by Crippen LogP contribution is -2.30. The summed E-state index contributed by atoms with van der Waals surface area (Å²) in [4.78, 5) is 72.7. The van der Waals surface area contributed by atoms with Gasteiger partial charge in [0.2, 0.25) is 0 Å². The molecule has 0 aliphatic heterocycles. The standard InChI is InChI=1S/C79H130O17P2/c1-5-9-13-17-21-25-29-32-34-35-36-37-39-41-45-48-52-56-60-64-77(82)90-70-75(96-79(84)66-62-58-54-50-46-42-38-33-30-26-22-18-14-10-6-2)72-94-98(87,88)92-68-73(80)67-91-97(85,86)93-71-74(95-78(83)65-61-57-53-49-43-28-24-20-16-12-8-4)69-89-76(81)63-59-55-51-47-44-40-31-27-23-19-15-11-7-3/h9-10,13-14,20-22,24-27,31-34,36-38,41,45-46,50,52,56,73-75,80H,5-8,11-12,15-19,23,28-30,35,39-40,42-44,47-49,51,53-55,57-72H2,1-4H3,(H,85,86)(H,87,88)/b13-9-,14-10-,24-20-,25-21-,26-22-,31-27-,34-32-,37-36-,38-33-,45-41-,50-46-,56-52-. The van der Waals surface area contributed by atoms with Crippen molar-refractivity contribution in [2.45, 2.75) is 290 Å². The van der Waals surface area contributed by atoms with Gasteiger partial charge < -0.3 is 33.8 Å². The monoisotopic (exact) mass is 1410 g/mol. The van der Waals surface area contributed by atoms with Crippen molar-refractivity contribution in [1.29, 1.82) is 0 Å². The molecule has 19 heteroatoms. The number of phosphoric acid groups is 2. The summed E-state index contributed by atoms with van der Waals surface area (Å²) in [6.45, 7) is 4.40. The first-order valence-corrected chi connectivity index (χ1v) is 40.1. The average Bonchev–Trinajstić information content (AvgIpc) is 0.992. The number of esters is 4. The number of phosphoric ester groups is 2. The second kappa shape index (κ2) is 70.4. The third-order valence-corrected chi connectivity index (χ3v) is 16.7. The van der Waals surface area contributed by atoms with E-state index in [1.165, 1.54) is 38.5 Å². The molecule has 0 aliphatic rings. The van der Waals surface area contributed by atoms with Crippen LogP contribution in [0.4, 0.5) is 0 Å². The molecule has 0 aliphatic carbocycles. The van der Waals surface area contributed by atoms with Gasteiger partial charge >= 0.3 is 39.5 Å². The zero-order valence-electron chi connectivity index (χ0n) is 60.7. The van der Waals surface area contributed by atoms with Gasteiger partial charge in [0, 0.05) is 25.7 Å². The highest BCUT2D eigenvalue weighted by Gasteiger charge is 2.30. The summed E-state index contributed by atoms with van der Waals surface area (Å²) in [6.07, 6.45) is 78.7. The van der Waals surface area contributed by atoms with Crippen molar-refractivity contribution >= 4 is 39.5 Å². The molecule has 0 heterocycles. The predicted molar refractivity (Wildman–Crippen MR) is 399 cm³/mol. The summed E-state index contributed by atoms with van der Waals surface area (Å²) in [5.41, 5.74) is 0. The van der Waals surface area contributed by atoms with Gasteiger partial charge in [-0.25, -0.2) is 9.13 Å². The maximum Gasteiger partial charge on any atom is 0.472 e. The number of hydrogen-bond donors (Lipinski definition) is 3. The molecule has 0 radical (unpaired) electrons. The molecule has 0 aromatic carbocycles.